The molecule has 8 nitrogen and oxygen atoms in total. The van der Waals surface area contributed by atoms with Crippen LogP contribution in [-0.2, 0) is 12.7 Å². The van der Waals surface area contributed by atoms with Crippen LogP contribution in [-0.4, -0.2) is 31.9 Å². The number of nitrogens with zero attached hydrogens (tertiary/aromatic N) is 3. The van der Waals surface area contributed by atoms with E-state index in [0.29, 0.717) is 17.0 Å². The average Bonchev–Trinajstić information content (AvgIpc) is 3.67. The number of nitrogens with one attached hydrogen (secondary N) is 2. The minimum absolute atomic E-state index is 0.149. The summed E-state index contributed by atoms with van der Waals surface area (Å²) >= 11 is 0. The molecule has 0 spiro atoms. The molecule has 0 unspecified atom stereocenters. The van der Waals surface area contributed by atoms with Crippen LogP contribution in [0.15, 0.2) is 73.1 Å². The topological polar surface area (TPSA) is 109 Å². The van der Waals surface area contributed by atoms with Gasteiger partial charge in [0, 0.05) is 24.9 Å². The lowest BCUT2D eigenvalue weighted by Gasteiger charge is -2.17. The van der Waals surface area contributed by atoms with Gasteiger partial charge >= 0.3 is 12.3 Å². The van der Waals surface area contributed by atoms with Gasteiger partial charge in [0.1, 0.15) is 5.69 Å². The van der Waals surface area contributed by atoms with Crippen molar-refractivity contribution in [2.45, 2.75) is 44.4 Å². The number of aromatic nitrogens is 3. The van der Waals surface area contributed by atoms with Crippen LogP contribution in [0, 0.1) is 0 Å². The van der Waals surface area contributed by atoms with E-state index in [0.717, 1.165) is 41.9 Å². The second-order valence-electron chi connectivity index (χ2n) is 9.70. The molecule has 40 heavy (non-hydrogen) atoms. The van der Waals surface area contributed by atoms with Gasteiger partial charge in [0.25, 0.3) is 5.91 Å². The van der Waals surface area contributed by atoms with E-state index in [1.54, 1.807) is 54.2 Å². The molecule has 2 heterocycles. The minimum Gasteiger partial charge on any atom is -0.465 e. The van der Waals surface area contributed by atoms with Gasteiger partial charge in [0.2, 0.25) is 0 Å². The van der Waals surface area contributed by atoms with Gasteiger partial charge in [-0.2, -0.15) is 18.3 Å². The van der Waals surface area contributed by atoms with E-state index >= 15 is 0 Å². The van der Waals surface area contributed by atoms with Crippen molar-refractivity contribution >= 4 is 12.0 Å². The number of alkyl halides is 3. The fraction of sp³-hybridized carbons (Fsp3) is 0.241. The van der Waals surface area contributed by atoms with Crippen LogP contribution in [0.5, 0.6) is 0 Å². The van der Waals surface area contributed by atoms with Gasteiger partial charge in [0.15, 0.2) is 0 Å². The van der Waals surface area contributed by atoms with Gasteiger partial charge in [-0.05, 0) is 72.4 Å². The number of carboxylic acid groups (broad SMARTS) is 1. The molecule has 3 N–H and O–H groups in total. The predicted octanol–water partition coefficient (Wildman–Crippen LogP) is 6.09. The van der Waals surface area contributed by atoms with Crippen LogP contribution in [0.1, 0.15) is 64.6 Å². The number of carbonyl (C=O) groups excluding carboxylic acids is 1. The highest BCUT2D eigenvalue weighted by Crippen LogP contribution is 2.39. The van der Waals surface area contributed by atoms with Crippen molar-refractivity contribution in [2.75, 3.05) is 0 Å². The SMILES string of the molecule is C[C@@H](NC(=O)c1cc(-n2ccc(C3CC3)n2)ccn1)c1ccc(-c2cc(C(F)(F)F)ccc2CNC(=O)O)cc1. The molecule has 2 aromatic heterocycles. The third-order valence-corrected chi connectivity index (χ3v) is 6.78. The third-order valence-electron chi connectivity index (χ3n) is 6.78. The Morgan fingerprint density at radius 3 is 2.50 bits per heavy atom. The summed E-state index contributed by atoms with van der Waals surface area (Å²) in [6, 6.07) is 14.9. The lowest BCUT2D eigenvalue weighted by Crippen LogP contribution is -2.27. The fourth-order valence-corrected chi connectivity index (χ4v) is 4.42. The van der Waals surface area contributed by atoms with Crippen molar-refractivity contribution in [1.82, 2.24) is 25.4 Å². The zero-order chi connectivity index (χ0) is 28.4. The van der Waals surface area contributed by atoms with E-state index in [1.807, 2.05) is 12.3 Å². The van der Waals surface area contributed by atoms with Gasteiger partial charge in [-0.3, -0.25) is 9.78 Å². The number of rotatable bonds is 8. The van der Waals surface area contributed by atoms with Crippen molar-refractivity contribution in [2.24, 2.45) is 0 Å². The second kappa shape index (κ2) is 10.8. The lowest BCUT2D eigenvalue weighted by molar-refractivity contribution is -0.137. The molecule has 1 aliphatic carbocycles. The maximum atomic E-state index is 13.4. The van der Waals surface area contributed by atoms with Crippen molar-refractivity contribution in [3.63, 3.8) is 0 Å². The van der Waals surface area contributed by atoms with E-state index in [-0.39, 0.29) is 23.7 Å². The zero-order valence-electron chi connectivity index (χ0n) is 21.4. The molecular weight excluding hydrogens is 523 g/mol. The Bertz CT molecular complexity index is 1550. The number of pyridine rings is 1. The van der Waals surface area contributed by atoms with E-state index in [9.17, 15) is 22.8 Å². The maximum absolute atomic E-state index is 13.4. The molecule has 206 valence electrons. The molecule has 0 radical (unpaired) electrons. The van der Waals surface area contributed by atoms with Gasteiger partial charge in [-0.1, -0.05) is 30.3 Å². The van der Waals surface area contributed by atoms with Crippen LogP contribution >= 0.6 is 0 Å². The molecule has 11 heteroatoms. The first-order chi connectivity index (χ1) is 19.1. The summed E-state index contributed by atoms with van der Waals surface area (Å²) in [4.78, 5) is 28.1. The summed E-state index contributed by atoms with van der Waals surface area (Å²) in [6.45, 7) is 1.64. The van der Waals surface area contributed by atoms with Gasteiger partial charge in [0.05, 0.1) is 23.0 Å². The van der Waals surface area contributed by atoms with Gasteiger partial charge < -0.3 is 15.7 Å². The van der Waals surface area contributed by atoms with Crippen molar-refractivity contribution in [3.05, 3.63) is 101 Å². The zero-order valence-corrected chi connectivity index (χ0v) is 21.4. The van der Waals surface area contributed by atoms with Crippen LogP contribution in [0.2, 0.25) is 0 Å². The van der Waals surface area contributed by atoms with Crippen LogP contribution in [0.4, 0.5) is 18.0 Å². The average molecular weight is 550 g/mol. The quantitative estimate of drug-likeness (QED) is 0.247. The van der Waals surface area contributed by atoms with E-state index in [1.165, 1.54) is 6.07 Å². The highest BCUT2D eigenvalue weighted by molar-refractivity contribution is 5.93. The number of benzene rings is 2. The smallest absolute Gasteiger partial charge is 0.416 e. The van der Waals surface area contributed by atoms with Gasteiger partial charge in [-0.15, -0.1) is 0 Å². The van der Waals surface area contributed by atoms with Crippen molar-refractivity contribution in [1.29, 1.82) is 0 Å². The van der Waals surface area contributed by atoms with Crippen molar-refractivity contribution < 1.29 is 27.9 Å². The molecular formula is C29H26F3N5O3. The Labute approximate surface area is 227 Å². The Kier molecular flexibility index (Phi) is 7.29. The number of carbonyl (C=O) groups is 2. The maximum Gasteiger partial charge on any atom is 0.416 e. The molecule has 1 aliphatic rings. The minimum atomic E-state index is -4.55. The Balaban J connectivity index is 1.31. The van der Waals surface area contributed by atoms with E-state index in [2.05, 4.69) is 20.7 Å². The first-order valence-corrected chi connectivity index (χ1v) is 12.7. The summed E-state index contributed by atoms with van der Waals surface area (Å²) < 4.78 is 41.8. The monoisotopic (exact) mass is 549 g/mol. The number of hydrogen-bond donors (Lipinski definition) is 3. The summed E-state index contributed by atoms with van der Waals surface area (Å²) in [6.07, 6.45) is -0.130. The second-order valence-corrected chi connectivity index (χ2v) is 9.70. The molecule has 0 saturated heterocycles. The van der Waals surface area contributed by atoms with Crippen LogP contribution in [0.25, 0.3) is 16.8 Å². The summed E-state index contributed by atoms with van der Waals surface area (Å²) in [7, 11) is 0. The highest BCUT2D eigenvalue weighted by Gasteiger charge is 2.31. The molecule has 1 saturated carbocycles. The fourth-order valence-electron chi connectivity index (χ4n) is 4.42. The molecule has 1 fully saturated rings. The first-order valence-electron chi connectivity index (χ1n) is 12.7. The number of halogens is 3. The van der Waals surface area contributed by atoms with E-state index < -0.39 is 23.9 Å². The normalized spacial score (nSPS) is 14.0. The Morgan fingerprint density at radius 1 is 1.07 bits per heavy atom. The van der Waals surface area contributed by atoms with Crippen LogP contribution < -0.4 is 10.6 Å². The standard InChI is InChI=1S/C29H26F3N5O3/c1-17(35-27(38)26-15-23(10-12-33-26)37-13-11-25(36-37)20-6-7-20)18-2-4-19(5-3-18)24-14-22(29(30,31)32)9-8-21(24)16-34-28(39)40/h2-5,8-15,17,20,34H,6-7,16H2,1H3,(H,35,38)(H,39,40)/t17-/m1/s1. The summed E-state index contributed by atoms with van der Waals surface area (Å²) in [5, 5.41) is 18.6. The predicted molar refractivity (Wildman–Crippen MR) is 141 cm³/mol. The van der Waals surface area contributed by atoms with Crippen molar-refractivity contribution in [3.8, 4) is 16.8 Å². The molecule has 0 bridgehead atoms. The number of hydrogen-bond acceptors (Lipinski definition) is 4. The molecule has 2 aromatic carbocycles. The summed E-state index contributed by atoms with van der Waals surface area (Å²) in [5.41, 5.74) is 3.02. The molecule has 5 rings (SSSR count). The number of amides is 2. The Morgan fingerprint density at radius 2 is 1.82 bits per heavy atom. The third kappa shape index (κ3) is 6.14. The Hall–Kier alpha value is -4.67. The molecule has 2 amide bonds. The first kappa shape index (κ1) is 26.9. The molecule has 4 aromatic rings. The highest BCUT2D eigenvalue weighted by atomic mass is 19.4. The molecule has 0 aliphatic heterocycles. The molecule has 1 atom stereocenters. The van der Waals surface area contributed by atoms with Crippen LogP contribution in [0.3, 0.4) is 0 Å². The summed E-state index contributed by atoms with van der Waals surface area (Å²) in [5.74, 6) is 0.132. The van der Waals surface area contributed by atoms with Gasteiger partial charge in [-0.25, -0.2) is 9.48 Å². The van der Waals surface area contributed by atoms with E-state index in [4.69, 9.17) is 5.11 Å². The lowest BCUT2D eigenvalue weighted by atomic mass is 9.95. The largest absolute Gasteiger partial charge is 0.465 e.